The summed E-state index contributed by atoms with van der Waals surface area (Å²) in [5.74, 6) is -3.38. The Kier molecular flexibility index (Phi) is 3.87. The van der Waals surface area contributed by atoms with Crippen molar-refractivity contribution in [1.82, 2.24) is 10.2 Å². The standard InChI is InChI=1S/C13H15F2N3O2/c1-18(6-10(19)17-7-2-3-7)13(20)11-8(14)4-5-9(16)12(11)15/h4-5,7H,2-3,6,16H2,1H3,(H,17,19). The maximum absolute atomic E-state index is 13.7. The molecule has 0 saturated heterocycles. The highest BCUT2D eigenvalue weighted by atomic mass is 19.1. The number of halogens is 2. The van der Waals surface area contributed by atoms with Crippen molar-refractivity contribution in [2.24, 2.45) is 0 Å². The number of benzene rings is 1. The minimum Gasteiger partial charge on any atom is -0.396 e. The third-order valence-corrected chi connectivity index (χ3v) is 3.00. The summed E-state index contributed by atoms with van der Waals surface area (Å²) in [6, 6.07) is 2.12. The molecule has 5 nitrogen and oxygen atoms in total. The first-order chi connectivity index (χ1) is 9.40. The third kappa shape index (κ3) is 3.04. The van der Waals surface area contributed by atoms with E-state index in [4.69, 9.17) is 5.73 Å². The number of rotatable bonds is 4. The zero-order chi connectivity index (χ0) is 14.9. The fourth-order valence-electron chi connectivity index (χ4n) is 1.74. The molecule has 2 amide bonds. The van der Waals surface area contributed by atoms with Crippen LogP contribution >= 0.6 is 0 Å². The van der Waals surface area contributed by atoms with Gasteiger partial charge in [0.05, 0.1) is 12.2 Å². The first-order valence-corrected chi connectivity index (χ1v) is 6.18. The lowest BCUT2D eigenvalue weighted by Crippen LogP contribution is -2.39. The van der Waals surface area contributed by atoms with E-state index >= 15 is 0 Å². The van der Waals surface area contributed by atoms with Crippen molar-refractivity contribution in [1.29, 1.82) is 0 Å². The van der Waals surface area contributed by atoms with Gasteiger partial charge < -0.3 is 16.0 Å². The highest BCUT2D eigenvalue weighted by molar-refractivity contribution is 5.97. The monoisotopic (exact) mass is 283 g/mol. The van der Waals surface area contributed by atoms with Crippen molar-refractivity contribution in [3.8, 4) is 0 Å². The fraction of sp³-hybridized carbons (Fsp3) is 0.385. The lowest BCUT2D eigenvalue weighted by molar-refractivity contribution is -0.121. The number of nitrogens with zero attached hydrogens (tertiary/aromatic N) is 1. The highest BCUT2D eigenvalue weighted by Crippen LogP contribution is 2.20. The molecule has 7 heteroatoms. The molecule has 1 saturated carbocycles. The van der Waals surface area contributed by atoms with E-state index in [1.54, 1.807) is 0 Å². The molecule has 0 spiro atoms. The number of likely N-dealkylation sites (N-methyl/N-ethyl adjacent to an activating group) is 1. The topological polar surface area (TPSA) is 75.4 Å². The fourth-order valence-corrected chi connectivity index (χ4v) is 1.74. The second kappa shape index (κ2) is 5.44. The first kappa shape index (κ1) is 14.2. The molecule has 1 fully saturated rings. The van der Waals surface area contributed by atoms with Crippen LogP contribution in [0.1, 0.15) is 23.2 Å². The zero-order valence-electron chi connectivity index (χ0n) is 11.0. The summed E-state index contributed by atoms with van der Waals surface area (Å²) < 4.78 is 27.3. The van der Waals surface area contributed by atoms with Crippen LogP contribution < -0.4 is 11.1 Å². The van der Waals surface area contributed by atoms with Crippen LogP contribution in [0.4, 0.5) is 14.5 Å². The molecule has 0 aliphatic heterocycles. The number of nitrogens with two attached hydrogens (primary N) is 1. The minimum atomic E-state index is -1.11. The molecule has 1 aromatic carbocycles. The summed E-state index contributed by atoms with van der Waals surface area (Å²) in [7, 11) is 1.30. The Hall–Kier alpha value is -2.18. The van der Waals surface area contributed by atoms with Crippen LogP contribution in [0.25, 0.3) is 0 Å². The van der Waals surface area contributed by atoms with Crippen molar-refractivity contribution in [3.63, 3.8) is 0 Å². The van der Waals surface area contributed by atoms with E-state index in [-0.39, 0.29) is 24.2 Å². The first-order valence-electron chi connectivity index (χ1n) is 6.18. The highest BCUT2D eigenvalue weighted by Gasteiger charge is 2.26. The Labute approximate surface area is 114 Å². The van der Waals surface area contributed by atoms with E-state index in [1.165, 1.54) is 7.05 Å². The van der Waals surface area contributed by atoms with Crippen molar-refractivity contribution < 1.29 is 18.4 Å². The number of hydrogen-bond acceptors (Lipinski definition) is 3. The van der Waals surface area contributed by atoms with E-state index < -0.39 is 23.1 Å². The SMILES string of the molecule is CN(CC(=O)NC1CC1)C(=O)c1c(F)ccc(N)c1F. The van der Waals surface area contributed by atoms with E-state index in [1.807, 2.05) is 0 Å². The lowest BCUT2D eigenvalue weighted by atomic mass is 10.1. The van der Waals surface area contributed by atoms with Gasteiger partial charge in [0.2, 0.25) is 5.91 Å². The minimum absolute atomic E-state index is 0.159. The zero-order valence-corrected chi connectivity index (χ0v) is 11.0. The van der Waals surface area contributed by atoms with Gasteiger partial charge in [-0.05, 0) is 25.0 Å². The van der Waals surface area contributed by atoms with E-state index in [9.17, 15) is 18.4 Å². The van der Waals surface area contributed by atoms with Crippen LogP contribution in [-0.2, 0) is 4.79 Å². The van der Waals surface area contributed by atoms with E-state index in [0.29, 0.717) is 0 Å². The van der Waals surface area contributed by atoms with Crippen molar-refractivity contribution in [2.75, 3.05) is 19.3 Å². The van der Waals surface area contributed by atoms with Crippen molar-refractivity contribution in [3.05, 3.63) is 29.3 Å². The number of carbonyl (C=O) groups is 2. The number of hydrogen-bond donors (Lipinski definition) is 2. The number of carbonyl (C=O) groups excluding carboxylic acids is 2. The molecular formula is C13H15F2N3O2. The maximum Gasteiger partial charge on any atom is 0.260 e. The third-order valence-electron chi connectivity index (χ3n) is 3.00. The van der Waals surface area contributed by atoms with Gasteiger partial charge >= 0.3 is 0 Å². The van der Waals surface area contributed by atoms with Crippen LogP contribution in [0.5, 0.6) is 0 Å². The molecule has 108 valence electrons. The molecule has 3 N–H and O–H groups in total. The maximum atomic E-state index is 13.7. The summed E-state index contributed by atoms with van der Waals surface area (Å²) in [5.41, 5.74) is 4.25. The molecule has 20 heavy (non-hydrogen) atoms. The van der Waals surface area contributed by atoms with Crippen LogP contribution in [0.3, 0.4) is 0 Å². The Morgan fingerprint density at radius 2 is 2.05 bits per heavy atom. The molecule has 1 aliphatic rings. The van der Waals surface area contributed by atoms with Crippen LogP contribution in [0.2, 0.25) is 0 Å². The van der Waals surface area contributed by atoms with Gasteiger partial charge in [-0.3, -0.25) is 9.59 Å². The number of anilines is 1. The molecule has 1 aliphatic carbocycles. The molecule has 1 aromatic rings. The van der Waals surface area contributed by atoms with Crippen LogP contribution in [0.15, 0.2) is 12.1 Å². The molecule has 0 atom stereocenters. The molecule has 2 rings (SSSR count). The van der Waals surface area contributed by atoms with Gasteiger partial charge in [0.1, 0.15) is 11.4 Å². The Balaban J connectivity index is 2.09. The van der Waals surface area contributed by atoms with Gasteiger partial charge in [-0.2, -0.15) is 0 Å². The summed E-state index contributed by atoms with van der Waals surface area (Å²) in [4.78, 5) is 24.5. The molecule has 0 aromatic heterocycles. The molecule has 0 radical (unpaired) electrons. The average Bonchev–Trinajstić information content (AvgIpc) is 3.17. The van der Waals surface area contributed by atoms with Gasteiger partial charge in [0.15, 0.2) is 5.82 Å². The molecule has 0 heterocycles. The van der Waals surface area contributed by atoms with Crippen LogP contribution in [-0.4, -0.2) is 36.3 Å². The number of nitrogen functional groups attached to an aromatic ring is 1. The predicted molar refractivity (Wildman–Crippen MR) is 68.9 cm³/mol. The summed E-state index contributed by atoms with van der Waals surface area (Å²) >= 11 is 0. The second-order valence-corrected chi connectivity index (χ2v) is 4.83. The normalized spacial score (nSPS) is 13.9. The van der Waals surface area contributed by atoms with Gasteiger partial charge in [-0.15, -0.1) is 0 Å². The molecule has 0 unspecified atom stereocenters. The van der Waals surface area contributed by atoms with Gasteiger partial charge in [0.25, 0.3) is 5.91 Å². The van der Waals surface area contributed by atoms with Gasteiger partial charge in [0, 0.05) is 13.1 Å². The lowest BCUT2D eigenvalue weighted by Gasteiger charge is -2.18. The quantitative estimate of drug-likeness (QED) is 0.806. The summed E-state index contributed by atoms with van der Waals surface area (Å²) in [6.07, 6.45) is 1.84. The predicted octanol–water partition coefficient (Wildman–Crippen LogP) is 0.898. The summed E-state index contributed by atoms with van der Waals surface area (Å²) in [5, 5.41) is 2.69. The number of amides is 2. The van der Waals surface area contributed by atoms with E-state index in [0.717, 1.165) is 29.9 Å². The summed E-state index contributed by atoms with van der Waals surface area (Å²) in [6.45, 7) is -0.261. The van der Waals surface area contributed by atoms with Crippen molar-refractivity contribution in [2.45, 2.75) is 18.9 Å². The molecule has 0 bridgehead atoms. The molecular weight excluding hydrogens is 268 g/mol. The Morgan fingerprint density at radius 3 is 2.65 bits per heavy atom. The number of nitrogens with one attached hydrogen (secondary N) is 1. The van der Waals surface area contributed by atoms with Gasteiger partial charge in [-0.25, -0.2) is 8.78 Å². The van der Waals surface area contributed by atoms with Crippen molar-refractivity contribution >= 4 is 17.5 Å². The largest absolute Gasteiger partial charge is 0.396 e. The van der Waals surface area contributed by atoms with Gasteiger partial charge in [-0.1, -0.05) is 0 Å². The Bertz CT molecular complexity index is 559. The second-order valence-electron chi connectivity index (χ2n) is 4.83. The smallest absolute Gasteiger partial charge is 0.260 e. The van der Waals surface area contributed by atoms with E-state index in [2.05, 4.69) is 5.32 Å². The van der Waals surface area contributed by atoms with Crippen LogP contribution in [0, 0.1) is 11.6 Å². The Morgan fingerprint density at radius 1 is 1.40 bits per heavy atom. The average molecular weight is 283 g/mol.